The van der Waals surface area contributed by atoms with Crippen molar-refractivity contribution >= 4 is 21.6 Å². The summed E-state index contributed by atoms with van der Waals surface area (Å²) in [7, 11) is -0.530. The number of nitrogens with one attached hydrogen (secondary N) is 1. The Kier molecular flexibility index (Phi) is 6.90. The molecule has 0 saturated carbocycles. The highest BCUT2D eigenvalue weighted by Crippen LogP contribution is 2.29. The molecule has 0 fully saturated rings. The van der Waals surface area contributed by atoms with Gasteiger partial charge < -0.3 is 14.8 Å². The minimum absolute atomic E-state index is 0.319. The molecule has 0 heterocycles. The number of rotatable bonds is 8. The number of benzene rings is 2. The van der Waals surface area contributed by atoms with Gasteiger partial charge in [-0.15, -0.1) is 0 Å². The van der Waals surface area contributed by atoms with Crippen LogP contribution < -0.4 is 19.1 Å². The average molecular weight is 407 g/mol. The second-order valence-electron chi connectivity index (χ2n) is 6.45. The van der Waals surface area contributed by atoms with Gasteiger partial charge in [-0.25, -0.2) is 8.42 Å². The predicted octanol–water partition coefficient (Wildman–Crippen LogP) is 2.66. The van der Waals surface area contributed by atoms with Crippen LogP contribution in [-0.2, 0) is 14.8 Å². The van der Waals surface area contributed by atoms with E-state index in [0.717, 1.165) is 21.7 Å². The molecule has 0 aromatic heterocycles. The van der Waals surface area contributed by atoms with Crippen LogP contribution >= 0.6 is 0 Å². The number of sulfonamides is 1. The van der Waals surface area contributed by atoms with Gasteiger partial charge in [0.15, 0.2) is 0 Å². The van der Waals surface area contributed by atoms with Crippen LogP contribution in [-0.4, -0.2) is 41.3 Å². The number of carbonyl (C=O) groups is 1. The number of para-hydroxylation sites is 1. The molecule has 152 valence electrons. The molecule has 2 aromatic rings. The van der Waals surface area contributed by atoms with E-state index in [2.05, 4.69) is 5.32 Å². The second kappa shape index (κ2) is 8.97. The van der Waals surface area contributed by atoms with Gasteiger partial charge in [-0.1, -0.05) is 18.2 Å². The fourth-order valence-electron chi connectivity index (χ4n) is 2.90. The summed E-state index contributed by atoms with van der Waals surface area (Å²) >= 11 is 0. The summed E-state index contributed by atoms with van der Waals surface area (Å²) in [5.74, 6) is 0.813. The third-order valence-corrected chi connectivity index (χ3v) is 5.48. The van der Waals surface area contributed by atoms with Crippen molar-refractivity contribution in [3.8, 4) is 11.5 Å². The van der Waals surface area contributed by atoms with Crippen molar-refractivity contribution in [2.24, 2.45) is 0 Å². The van der Waals surface area contributed by atoms with E-state index < -0.39 is 22.0 Å². The number of nitrogens with zero attached hydrogens (tertiary/aromatic N) is 1. The minimum Gasteiger partial charge on any atom is -0.497 e. The molecule has 1 N–H and O–H groups in total. The van der Waals surface area contributed by atoms with E-state index in [4.69, 9.17) is 9.47 Å². The summed E-state index contributed by atoms with van der Waals surface area (Å²) in [6, 6.07) is 11.9. The lowest BCUT2D eigenvalue weighted by Gasteiger charge is -2.25. The highest BCUT2D eigenvalue weighted by atomic mass is 32.2. The zero-order chi connectivity index (χ0) is 20.9. The first-order valence-corrected chi connectivity index (χ1v) is 10.6. The average Bonchev–Trinajstić information content (AvgIpc) is 2.65. The Morgan fingerprint density at radius 2 is 1.82 bits per heavy atom. The molecule has 7 nitrogen and oxygen atoms in total. The highest BCUT2D eigenvalue weighted by molar-refractivity contribution is 7.92. The van der Waals surface area contributed by atoms with Gasteiger partial charge in [-0.05, 0) is 43.7 Å². The van der Waals surface area contributed by atoms with Gasteiger partial charge in [0.2, 0.25) is 15.9 Å². The van der Waals surface area contributed by atoms with E-state index in [1.807, 2.05) is 6.07 Å². The fraction of sp³-hybridized carbons (Fsp3) is 0.350. The van der Waals surface area contributed by atoms with E-state index in [9.17, 15) is 13.2 Å². The summed E-state index contributed by atoms with van der Waals surface area (Å²) in [5.41, 5.74) is 1.98. The van der Waals surface area contributed by atoms with Crippen molar-refractivity contribution in [1.82, 2.24) is 5.32 Å². The van der Waals surface area contributed by atoms with Crippen LogP contribution in [0.2, 0.25) is 0 Å². The van der Waals surface area contributed by atoms with Gasteiger partial charge in [0.05, 0.1) is 32.2 Å². The Hall–Kier alpha value is -2.74. The molecular weight excluding hydrogens is 380 g/mol. The number of aryl methyl sites for hydroxylation is 1. The van der Waals surface area contributed by atoms with Crippen molar-refractivity contribution < 1.29 is 22.7 Å². The number of carbonyl (C=O) groups excluding carboxylic acids is 1. The smallest absolute Gasteiger partial charge is 0.241 e. The molecule has 8 heteroatoms. The minimum atomic E-state index is -3.63. The number of amides is 1. The molecule has 0 aliphatic carbocycles. The molecule has 2 aromatic carbocycles. The maximum absolute atomic E-state index is 12.6. The standard InChI is InChI=1S/C20H26N2O5S/c1-14-8-6-7-9-18(14)22(28(5,24)25)13-20(23)21-15(2)17-12-16(26-3)10-11-19(17)27-4/h6-12,15H,13H2,1-5H3,(H,21,23). The van der Waals surface area contributed by atoms with Crippen LogP contribution in [0.3, 0.4) is 0 Å². The lowest BCUT2D eigenvalue weighted by Crippen LogP contribution is -2.41. The first-order valence-electron chi connectivity index (χ1n) is 8.72. The van der Waals surface area contributed by atoms with Crippen LogP contribution in [0.1, 0.15) is 24.1 Å². The summed E-state index contributed by atoms with van der Waals surface area (Å²) in [6.45, 7) is 3.28. The first-order chi connectivity index (χ1) is 13.2. The number of ether oxygens (including phenoxy) is 2. The van der Waals surface area contributed by atoms with Crippen molar-refractivity contribution in [2.75, 3.05) is 31.3 Å². The Labute approximate surface area is 166 Å². The number of anilines is 1. The third kappa shape index (κ3) is 5.16. The SMILES string of the molecule is COc1ccc(OC)c(C(C)NC(=O)CN(c2ccccc2C)S(C)(=O)=O)c1. The quantitative estimate of drug-likeness (QED) is 0.729. The van der Waals surface area contributed by atoms with Gasteiger partial charge in [0, 0.05) is 5.56 Å². The Morgan fingerprint density at radius 1 is 1.14 bits per heavy atom. The zero-order valence-electron chi connectivity index (χ0n) is 16.7. The summed E-state index contributed by atoms with van der Waals surface area (Å²) < 4.78 is 36.2. The van der Waals surface area contributed by atoms with E-state index in [-0.39, 0.29) is 6.54 Å². The van der Waals surface area contributed by atoms with Crippen LogP contribution in [0.25, 0.3) is 0 Å². The lowest BCUT2D eigenvalue weighted by atomic mass is 10.1. The van der Waals surface area contributed by atoms with Crippen molar-refractivity contribution in [2.45, 2.75) is 19.9 Å². The van der Waals surface area contributed by atoms with Crippen LogP contribution in [0, 0.1) is 6.92 Å². The maximum atomic E-state index is 12.6. The highest BCUT2D eigenvalue weighted by Gasteiger charge is 2.23. The molecule has 2 rings (SSSR count). The van der Waals surface area contributed by atoms with Gasteiger partial charge in [-0.3, -0.25) is 9.10 Å². The molecule has 0 bridgehead atoms. The molecule has 0 aliphatic heterocycles. The van der Waals surface area contributed by atoms with Crippen LogP contribution in [0.15, 0.2) is 42.5 Å². The van der Waals surface area contributed by atoms with E-state index >= 15 is 0 Å². The fourth-order valence-corrected chi connectivity index (χ4v) is 3.81. The van der Waals surface area contributed by atoms with Crippen molar-refractivity contribution in [3.05, 3.63) is 53.6 Å². The van der Waals surface area contributed by atoms with Crippen LogP contribution in [0.4, 0.5) is 5.69 Å². The summed E-state index contributed by atoms with van der Waals surface area (Å²) in [5, 5.41) is 2.83. The molecule has 1 amide bonds. The van der Waals surface area contributed by atoms with Crippen molar-refractivity contribution in [1.29, 1.82) is 0 Å². The molecule has 1 unspecified atom stereocenters. The number of hydrogen-bond acceptors (Lipinski definition) is 5. The van der Waals surface area contributed by atoms with E-state index in [1.54, 1.807) is 64.5 Å². The molecule has 0 spiro atoms. The molecule has 1 atom stereocenters. The van der Waals surface area contributed by atoms with E-state index in [1.165, 1.54) is 0 Å². The topological polar surface area (TPSA) is 84.9 Å². The molecule has 0 aliphatic rings. The predicted molar refractivity (Wildman–Crippen MR) is 109 cm³/mol. The number of methoxy groups -OCH3 is 2. The zero-order valence-corrected chi connectivity index (χ0v) is 17.5. The Bertz CT molecular complexity index is 943. The molecule has 0 saturated heterocycles. The normalized spacial score (nSPS) is 12.2. The monoisotopic (exact) mass is 406 g/mol. The largest absolute Gasteiger partial charge is 0.497 e. The second-order valence-corrected chi connectivity index (χ2v) is 8.36. The van der Waals surface area contributed by atoms with Gasteiger partial charge in [-0.2, -0.15) is 0 Å². The first kappa shape index (κ1) is 21.6. The van der Waals surface area contributed by atoms with Gasteiger partial charge in [0.1, 0.15) is 18.0 Å². The number of hydrogen-bond donors (Lipinski definition) is 1. The summed E-state index contributed by atoms with van der Waals surface area (Å²) in [4.78, 5) is 12.6. The van der Waals surface area contributed by atoms with Crippen LogP contribution in [0.5, 0.6) is 11.5 Å². The van der Waals surface area contributed by atoms with Gasteiger partial charge >= 0.3 is 0 Å². The molecule has 28 heavy (non-hydrogen) atoms. The Morgan fingerprint density at radius 3 is 2.39 bits per heavy atom. The lowest BCUT2D eigenvalue weighted by molar-refractivity contribution is -0.120. The third-order valence-electron chi connectivity index (χ3n) is 4.35. The van der Waals surface area contributed by atoms with E-state index in [0.29, 0.717) is 17.2 Å². The maximum Gasteiger partial charge on any atom is 0.241 e. The molecular formula is C20H26N2O5S. The van der Waals surface area contributed by atoms with Crippen molar-refractivity contribution in [3.63, 3.8) is 0 Å². The van der Waals surface area contributed by atoms with Gasteiger partial charge in [0.25, 0.3) is 0 Å². The Balaban J connectivity index is 2.23. The molecule has 0 radical (unpaired) electrons. The summed E-state index contributed by atoms with van der Waals surface area (Å²) in [6.07, 6.45) is 1.08.